The van der Waals surface area contributed by atoms with Crippen molar-refractivity contribution in [2.45, 2.75) is 125 Å². The van der Waals surface area contributed by atoms with Crippen molar-refractivity contribution >= 4 is 24.8 Å². The van der Waals surface area contributed by atoms with E-state index in [-0.39, 0.29) is 46.5 Å². The van der Waals surface area contributed by atoms with Gasteiger partial charge in [-0.25, -0.2) is 12.2 Å². The predicted molar refractivity (Wildman–Crippen MR) is 219 cm³/mol. The van der Waals surface area contributed by atoms with Crippen molar-refractivity contribution in [1.29, 1.82) is 0 Å². The summed E-state index contributed by atoms with van der Waals surface area (Å²) in [5, 5.41) is 5.57. The van der Waals surface area contributed by atoms with E-state index in [4.69, 9.17) is 0 Å². The van der Waals surface area contributed by atoms with Crippen LogP contribution in [-0.4, -0.2) is 3.21 Å². The molecule has 0 nitrogen and oxygen atoms in total. The van der Waals surface area contributed by atoms with Gasteiger partial charge in [-0.15, -0.1) is 46.2 Å². The van der Waals surface area contributed by atoms with Crippen molar-refractivity contribution in [2.24, 2.45) is 0 Å². The monoisotopic (exact) mass is 808 g/mol. The fourth-order valence-corrected chi connectivity index (χ4v) is 7.35. The second-order valence-corrected chi connectivity index (χ2v) is 19.5. The Hall–Kier alpha value is -2.44. The summed E-state index contributed by atoms with van der Waals surface area (Å²) in [7, 11) is 0. The molecule has 0 fully saturated rings. The Balaban J connectivity index is 0.000000340. The SMILES string of the molecule is CC(C)(C)c1cc2[cH-]c3cc(C(C)(C)C)c(C(C)(C)C)cc3c2cc1C(C)(C)C.Cc1ccc([C](=[Zr+2])c2ccc(C)cc2)cc1.[C-]1=CC=CC1.[Cl-].[Cl-]. The first-order valence-corrected chi connectivity index (χ1v) is 19.5. The van der Waals surface area contributed by atoms with E-state index in [0.29, 0.717) is 0 Å². The zero-order valence-electron chi connectivity index (χ0n) is 34.2. The summed E-state index contributed by atoms with van der Waals surface area (Å²) in [6.45, 7) is 32.3. The molecule has 0 aliphatic heterocycles. The van der Waals surface area contributed by atoms with E-state index in [9.17, 15) is 0 Å². The van der Waals surface area contributed by atoms with Crippen LogP contribution in [0.2, 0.25) is 0 Å². The van der Waals surface area contributed by atoms with Crippen LogP contribution >= 0.6 is 0 Å². The van der Waals surface area contributed by atoms with Crippen molar-refractivity contribution in [3.05, 3.63) is 148 Å². The number of benzene rings is 4. The van der Waals surface area contributed by atoms with E-state index in [1.165, 1.54) is 93.5 Å². The molecule has 52 heavy (non-hydrogen) atoms. The second kappa shape index (κ2) is 17.8. The first kappa shape index (κ1) is 45.7. The van der Waals surface area contributed by atoms with Crippen LogP contribution in [0, 0.1) is 19.9 Å². The van der Waals surface area contributed by atoms with E-state index in [1.54, 1.807) is 0 Å². The average molecular weight is 811 g/mol. The molecule has 1 aliphatic carbocycles. The van der Waals surface area contributed by atoms with Crippen molar-refractivity contribution in [2.75, 3.05) is 0 Å². The molecule has 0 radical (unpaired) electrons. The smallest absolute Gasteiger partial charge is 0.109 e. The Morgan fingerprint density at radius 1 is 0.538 bits per heavy atom. The fraction of sp³-hybridized carbons (Fsp3) is 0.388. The van der Waals surface area contributed by atoms with Crippen molar-refractivity contribution < 1.29 is 49.0 Å². The number of allylic oxidation sites excluding steroid dienone is 4. The third kappa shape index (κ3) is 11.5. The summed E-state index contributed by atoms with van der Waals surface area (Å²) < 4.78 is 1.42. The van der Waals surface area contributed by atoms with Crippen molar-refractivity contribution in [3.63, 3.8) is 0 Å². The zero-order chi connectivity index (χ0) is 37.2. The molecule has 1 aliphatic rings. The topological polar surface area (TPSA) is 0 Å². The third-order valence-electron chi connectivity index (χ3n) is 9.48. The molecule has 5 aromatic carbocycles. The normalized spacial score (nSPS) is 12.8. The minimum atomic E-state index is 0. The Kier molecular flexibility index (Phi) is 15.6. The molecule has 0 saturated carbocycles. The van der Waals surface area contributed by atoms with Crippen molar-refractivity contribution in [3.8, 4) is 0 Å². The van der Waals surface area contributed by atoms with Crippen molar-refractivity contribution in [1.82, 2.24) is 0 Å². The van der Waals surface area contributed by atoms with Crippen LogP contribution in [0.5, 0.6) is 0 Å². The predicted octanol–water partition coefficient (Wildman–Crippen LogP) is 7.63. The molecule has 0 aromatic heterocycles. The van der Waals surface area contributed by atoms with E-state index < -0.39 is 0 Å². The molecular formula is C49H60Cl2Zr-2. The van der Waals surface area contributed by atoms with E-state index >= 15 is 0 Å². The van der Waals surface area contributed by atoms with Gasteiger partial charge in [-0.1, -0.05) is 117 Å². The van der Waals surface area contributed by atoms with Gasteiger partial charge in [0.2, 0.25) is 0 Å². The van der Waals surface area contributed by atoms with Crippen LogP contribution in [0.1, 0.15) is 134 Å². The van der Waals surface area contributed by atoms with Gasteiger partial charge in [-0.3, -0.25) is 6.08 Å². The largest absolute Gasteiger partial charge is 1.00 e. The number of hydrogen-bond acceptors (Lipinski definition) is 0. The number of fused-ring (bicyclic) bond motifs is 3. The molecule has 3 heteroatoms. The quantitative estimate of drug-likeness (QED) is 0.161. The molecule has 0 unspecified atom stereocenters. The number of rotatable bonds is 2. The van der Waals surface area contributed by atoms with Gasteiger partial charge in [0.25, 0.3) is 0 Å². The Morgan fingerprint density at radius 3 is 1.12 bits per heavy atom. The number of hydrogen-bond donors (Lipinski definition) is 0. The van der Waals surface area contributed by atoms with Gasteiger partial charge in [-0.05, 0) is 21.7 Å². The molecule has 0 saturated heterocycles. The molecule has 0 bridgehead atoms. The number of halogens is 2. The average Bonchev–Trinajstić information content (AvgIpc) is 3.71. The zero-order valence-corrected chi connectivity index (χ0v) is 38.2. The molecule has 0 amide bonds. The first-order valence-electron chi connectivity index (χ1n) is 18.2. The summed E-state index contributed by atoms with van der Waals surface area (Å²) in [4.78, 5) is 0. The van der Waals surface area contributed by atoms with Crippen LogP contribution in [-0.2, 0) is 45.9 Å². The van der Waals surface area contributed by atoms with Gasteiger partial charge in [0.15, 0.2) is 0 Å². The summed E-state index contributed by atoms with van der Waals surface area (Å²) in [5.41, 5.74) is 11.7. The first-order chi connectivity index (χ1) is 23.1. The maximum Gasteiger partial charge on any atom is -0.109 e. The Labute approximate surface area is 344 Å². The van der Waals surface area contributed by atoms with Crippen LogP contribution in [0.15, 0.2) is 97.1 Å². The minimum Gasteiger partial charge on any atom is -1.00 e. The van der Waals surface area contributed by atoms with Crippen LogP contribution in [0.25, 0.3) is 21.5 Å². The second-order valence-electron chi connectivity index (χ2n) is 18.2. The van der Waals surface area contributed by atoms with Crippen LogP contribution in [0.4, 0.5) is 0 Å². The Bertz CT molecular complexity index is 1860. The van der Waals surface area contributed by atoms with Gasteiger partial charge in [0.1, 0.15) is 0 Å². The molecule has 0 spiro atoms. The third-order valence-corrected chi connectivity index (χ3v) is 10.9. The Morgan fingerprint density at radius 2 is 0.865 bits per heavy atom. The molecule has 0 heterocycles. The fourth-order valence-electron chi connectivity index (χ4n) is 6.54. The van der Waals surface area contributed by atoms with Gasteiger partial charge in [0, 0.05) is 0 Å². The van der Waals surface area contributed by atoms with Crippen LogP contribution < -0.4 is 24.8 Å². The molecular weight excluding hydrogens is 751 g/mol. The van der Waals surface area contributed by atoms with Crippen LogP contribution in [0.3, 0.4) is 0 Å². The maximum absolute atomic E-state index is 2.99. The van der Waals surface area contributed by atoms with Gasteiger partial charge in [-0.2, -0.15) is 6.08 Å². The summed E-state index contributed by atoms with van der Waals surface area (Å²) >= 11 is 1.46. The van der Waals surface area contributed by atoms with E-state index in [2.05, 4.69) is 188 Å². The molecule has 0 atom stereocenters. The van der Waals surface area contributed by atoms with Gasteiger partial charge in [0.05, 0.1) is 0 Å². The van der Waals surface area contributed by atoms with E-state index in [1.807, 2.05) is 12.2 Å². The van der Waals surface area contributed by atoms with Gasteiger partial charge < -0.3 is 24.8 Å². The molecule has 5 aromatic rings. The molecule has 276 valence electrons. The maximum atomic E-state index is 2.99. The van der Waals surface area contributed by atoms with E-state index in [0.717, 1.165) is 6.42 Å². The number of aryl methyl sites for hydroxylation is 2. The summed E-state index contributed by atoms with van der Waals surface area (Å²) in [5.74, 6) is 0. The minimum absolute atomic E-state index is 0. The van der Waals surface area contributed by atoms with Gasteiger partial charge >= 0.3 is 112 Å². The molecule has 0 N–H and O–H groups in total. The summed E-state index contributed by atoms with van der Waals surface area (Å²) in [6, 6.07) is 29.8. The molecule has 6 rings (SSSR count). The summed E-state index contributed by atoms with van der Waals surface area (Å²) in [6.07, 6.45) is 10.0. The standard InChI is InChI=1S/C29H41.C15H14.C5H5.2ClH.Zr/c1-26(2,3)22-14-18-13-19-15-23(27(4,5)6)25(29(10,11)12)17-21(19)20(18)16-24(22)28(7,8)9;1-12-3-7-14(8-4-12)11-15-9-5-13(2)6-10-15;1-2-4-5-3-1;;;/h13-17H,1-12H3;3-10H,1-2H3;1-3H,4H2;2*1H;/q-1;;-1;;;+2/p-2.